The first-order valence-electron chi connectivity index (χ1n) is 9.97. The molecule has 10 heteroatoms. The molecule has 2 N–H and O–H groups in total. The average Bonchev–Trinajstić information content (AvgIpc) is 3.48. The van der Waals surface area contributed by atoms with E-state index in [4.69, 9.17) is 16.1 Å². The van der Waals surface area contributed by atoms with Crippen LogP contribution in [0.1, 0.15) is 28.9 Å². The Labute approximate surface area is 187 Å². The molecule has 0 saturated carbocycles. The van der Waals surface area contributed by atoms with Crippen molar-refractivity contribution in [3.8, 4) is 11.4 Å². The molecule has 2 amide bonds. The van der Waals surface area contributed by atoms with Gasteiger partial charge in [0, 0.05) is 18.5 Å². The topological polar surface area (TPSA) is 99.9 Å². The van der Waals surface area contributed by atoms with Crippen molar-refractivity contribution >= 4 is 17.6 Å². The van der Waals surface area contributed by atoms with E-state index in [0.29, 0.717) is 25.1 Å². The highest BCUT2D eigenvalue weighted by atomic mass is 35.5. The summed E-state index contributed by atoms with van der Waals surface area (Å²) in [5, 5.41) is 6.92. The second kappa shape index (κ2) is 8.43. The van der Waals surface area contributed by atoms with Crippen LogP contribution >= 0.6 is 11.6 Å². The van der Waals surface area contributed by atoms with Crippen molar-refractivity contribution in [1.29, 1.82) is 0 Å². The van der Waals surface area contributed by atoms with Gasteiger partial charge in [-0.25, -0.2) is 14.2 Å². The van der Waals surface area contributed by atoms with E-state index in [1.54, 1.807) is 11.2 Å². The van der Waals surface area contributed by atoms with E-state index in [9.17, 15) is 9.18 Å². The minimum Gasteiger partial charge on any atom is -0.347 e. The first-order valence-corrected chi connectivity index (χ1v) is 10.3. The van der Waals surface area contributed by atoms with Crippen molar-refractivity contribution in [3.63, 3.8) is 0 Å². The Hall–Kier alpha value is -3.72. The third kappa shape index (κ3) is 3.94. The maximum Gasteiger partial charge on any atom is 0.318 e. The zero-order valence-electron chi connectivity index (χ0n) is 16.8. The fourth-order valence-corrected chi connectivity index (χ4v) is 3.85. The standard InChI is InChI=1S/C22H18ClFN6O2/c23-15-8-14(6-7-16(15)24)20-28-21(32-29-20)19-9-17-18(27-12-26-17)11-30(19)22(31)25-10-13-4-2-1-3-5-13/h1-8,12,19H,9-11H2,(H,25,31)(H,26,27)/t19-/m0/s1. The Morgan fingerprint density at radius 3 is 2.94 bits per heavy atom. The second-order valence-electron chi connectivity index (χ2n) is 7.41. The molecule has 1 aliphatic rings. The highest BCUT2D eigenvalue weighted by Gasteiger charge is 2.36. The molecule has 0 bridgehead atoms. The lowest BCUT2D eigenvalue weighted by molar-refractivity contribution is 0.143. The van der Waals surface area contributed by atoms with Crippen LogP contribution in [-0.2, 0) is 19.5 Å². The number of urea groups is 1. The molecule has 32 heavy (non-hydrogen) atoms. The number of carbonyl (C=O) groups excluding carboxylic acids is 1. The van der Waals surface area contributed by atoms with Crippen molar-refractivity contribution in [2.24, 2.45) is 0 Å². The summed E-state index contributed by atoms with van der Waals surface area (Å²) < 4.78 is 19.0. The molecule has 0 fully saturated rings. The molecule has 4 aromatic rings. The molecule has 2 aromatic carbocycles. The van der Waals surface area contributed by atoms with Gasteiger partial charge < -0.3 is 19.7 Å². The molecule has 8 nitrogen and oxygen atoms in total. The number of amides is 2. The van der Waals surface area contributed by atoms with E-state index in [2.05, 4.69) is 25.4 Å². The molecular formula is C22H18ClFN6O2. The third-order valence-corrected chi connectivity index (χ3v) is 5.64. The van der Waals surface area contributed by atoms with Crippen molar-refractivity contribution in [1.82, 2.24) is 30.3 Å². The molecule has 1 atom stereocenters. The largest absolute Gasteiger partial charge is 0.347 e. The number of carbonyl (C=O) groups is 1. The van der Waals surface area contributed by atoms with Gasteiger partial charge in [0.2, 0.25) is 11.7 Å². The number of aromatic nitrogens is 4. The molecule has 0 aliphatic carbocycles. The lowest BCUT2D eigenvalue weighted by atomic mass is 10.0. The summed E-state index contributed by atoms with van der Waals surface area (Å²) in [5.41, 5.74) is 3.21. The van der Waals surface area contributed by atoms with Crippen molar-refractivity contribution in [3.05, 3.63) is 88.5 Å². The Morgan fingerprint density at radius 2 is 2.12 bits per heavy atom. The van der Waals surface area contributed by atoms with Gasteiger partial charge in [-0.3, -0.25) is 0 Å². The smallest absolute Gasteiger partial charge is 0.318 e. The molecule has 3 heterocycles. The predicted molar refractivity (Wildman–Crippen MR) is 114 cm³/mol. The Morgan fingerprint density at radius 1 is 1.28 bits per heavy atom. The van der Waals surface area contributed by atoms with E-state index in [-0.39, 0.29) is 22.8 Å². The third-order valence-electron chi connectivity index (χ3n) is 5.35. The van der Waals surface area contributed by atoms with Crippen LogP contribution in [0.15, 0.2) is 59.4 Å². The minimum absolute atomic E-state index is 0.0328. The first-order chi connectivity index (χ1) is 15.6. The summed E-state index contributed by atoms with van der Waals surface area (Å²) in [5.74, 6) is 0.00191. The van der Waals surface area contributed by atoms with Crippen LogP contribution in [0, 0.1) is 5.82 Å². The van der Waals surface area contributed by atoms with Crippen LogP contribution < -0.4 is 5.32 Å². The average molecular weight is 453 g/mol. The highest BCUT2D eigenvalue weighted by molar-refractivity contribution is 6.31. The van der Waals surface area contributed by atoms with Crippen LogP contribution in [0.25, 0.3) is 11.4 Å². The molecule has 5 rings (SSSR count). The number of fused-ring (bicyclic) bond motifs is 1. The van der Waals surface area contributed by atoms with Gasteiger partial charge in [0.05, 0.1) is 29.3 Å². The van der Waals surface area contributed by atoms with E-state index in [1.165, 1.54) is 18.2 Å². The lowest BCUT2D eigenvalue weighted by Crippen LogP contribution is -2.44. The Balaban J connectivity index is 1.41. The SMILES string of the molecule is O=C(NCc1ccccc1)N1Cc2[nH]cnc2C[C@H]1c1nc(-c2ccc(F)c(Cl)c2)no1. The van der Waals surface area contributed by atoms with E-state index in [0.717, 1.165) is 17.0 Å². The normalized spacial score (nSPS) is 15.4. The summed E-state index contributed by atoms with van der Waals surface area (Å²) in [6, 6.07) is 13.1. The number of halogens is 2. The van der Waals surface area contributed by atoms with Crippen LogP contribution in [0.2, 0.25) is 5.02 Å². The molecule has 2 aromatic heterocycles. The lowest BCUT2D eigenvalue weighted by Gasteiger charge is -2.32. The quantitative estimate of drug-likeness (QED) is 0.482. The number of H-pyrrole nitrogens is 1. The molecule has 0 spiro atoms. The monoisotopic (exact) mass is 452 g/mol. The predicted octanol–water partition coefficient (Wildman–Crippen LogP) is 4.26. The summed E-state index contributed by atoms with van der Waals surface area (Å²) in [7, 11) is 0. The summed E-state index contributed by atoms with van der Waals surface area (Å²) in [6.07, 6.45) is 2.02. The van der Waals surface area contributed by atoms with Gasteiger partial charge >= 0.3 is 6.03 Å². The molecule has 162 valence electrons. The van der Waals surface area contributed by atoms with Gasteiger partial charge in [0.25, 0.3) is 0 Å². The highest BCUT2D eigenvalue weighted by Crippen LogP contribution is 2.32. The van der Waals surface area contributed by atoms with Gasteiger partial charge in [-0.15, -0.1) is 0 Å². The van der Waals surface area contributed by atoms with Crippen LogP contribution in [0.5, 0.6) is 0 Å². The summed E-state index contributed by atoms with van der Waals surface area (Å²) >= 11 is 5.88. The summed E-state index contributed by atoms with van der Waals surface area (Å²) in [6.45, 7) is 0.711. The Kier molecular flexibility index (Phi) is 5.32. The number of hydrogen-bond acceptors (Lipinski definition) is 5. The zero-order chi connectivity index (χ0) is 22.1. The summed E-state index contributed by atoms with van der Waals surface area (Å²) in [4.78, 5) is 26.6. The zero-order valence-corrected chi connectivity index (χ0v) is 17.5. The molecular weight excluding hydrogens is 435 g/mol. The fourth-order valence-electron chi connectivity index (χ4n) is 3.67. The van der Waals surface area contributed by atoms with Crippen molar-refractivity contribution < 1.29 is 13.7 Å². The number of benzene rings is 2. The molecule has 0 saturated heterocycles. The number of nitrogens with one attached hydrogen (secondary N) is 2. The van der Waals surface area contributed by atoms with Crippen LogP contribution in [0.4, 0.5) is 9.18 Å². The van der Waals surface area contributed by atoms with Crippen LogP contribution in [0.3, 0.4) is 0 Å². The van der Waals surface area contributed by atoms with E-state index >= 15 is 0 Å². The molecule has 1 aliphatic heterocycles. The van der Waals surface area contributed by atoms with Gasteiger partial charge in [-0.1, -0.05) is 47.1 Å². The number of rotatable bonds is 4. The maximum atomic E-state index is 13.5. The first kappa shape index (κ1) is 20.2. The molecule has 0 unspecified atom stereocenters. The van der Waals surface area contributed by atoms with E-state index < -0.39 is 11.9 Å². The minimum atomic E-state index is -0.529. The van der Waals surface area contributed by atoms with Crippen molar-refractivity contribution in [2.45, 2.75) is 25.6 Å². The van der Waals surface area contributed by atoms with Crippen molar-refractivity contribution in [2.75, 3.05) is 0 Å². The second-order valence-corrected chi connectivity index (χ2v) is 7.81. The fraction of sp³-hybridized carbons (Fsp3) is 0.182. The van der Waals surface area contributed by atoms with Crippen LogP contribution in [-0.4, -0.2) is 31.0 Å². The number of hydrogen-bond donors (Lipinski definition) is 2. The van der Waals surface area contributed by atoms with E-state index in [1.807, 2.05) is 30.3 Å². The number of imidazole rings is 1. The van der Waals surface area contributed by atoms with Gasteiger partial charge in [0.1, 0.15) is 11.9 Å². The molecule has 0 radical (unpaired) electrons. The van der Waals surface area contributed by atoms with Gasteiger partial charge in [0.15, 0.2) is 0 Å². The van der Waals surface area contributed by atoms with Gasteiger partial charge in [-0.05, 0) is 23.8 Å². The van der Waals surface area contributed by atoms with Gasteiger partial charge in [-0.2, -0.15) is 4.98 Å². The number of aromatic amines is 1. The Bertz CT molecular complexity index is 1260. The number of nitrogens with zero attached hydrogens (tertiary/aromatic N) is 4. The maximum absolute atomic E-state index is 13.5.